The van der Waals surface area contributed by atoms with Crippen LogP contribution in [0.5, 0.6) is 11.5 Å². The molecule has 0 saturated carbocycles. The van der Waals surface area contributed by atoms with Crippen molar-refractivity contribution >= 4 is 17.4 Å². The van der Waals surface area contributed by atoms with Gasteiger partial charge in [-0.05, 0) is 66.8 Å². The van der Waals surface area contributed by atoms with Crippen LogP contribution in [0.2, 0.25) is 0 Å². The van der Waals surface area contributed by atoms with Crippen molar-refractivity contribution in [2.24, 2.45) is 0 Å². The molecule has 1 unspecified atom stereocenters. The monoisotopic (exact) mass is 515 g/mol. The Bertz CT molecular complexity index is 1380. The van der Waals surface area contributed by atoms with Crippen LogP contribution < -0.4 is 9.47 Å². The lowest BCUT2D eigenvalue weighted by molar-refractivity contribution is -0.140. The first-order valence-electron chi connectivity index (χ1n) is 12.5. The standard InChI is InChI=1S/C31H33NO6/c1-19-16-21(3)30(37-5)25(17-19)28(33)26-27(32(14-15-36-4)31(35)29(26)34)22-10-12-24(13-11-22)38-18-23-9-7-6-8-20(23)2/h6-13,16-17,27,33H,14-15,18H2,1-5H3/b28-26+. The van der Waals surface area contributed by atoms with Crippen molar-refractivity contribution in [3.8, 4) is 11.5 Å². The van der Waals surface area contributed by atoms with Gasteiger partial charge < -0.3 is 24.2 Å². The molecule has 1 saturated heterocycles. The minimum atomic E-state index is -0.791. The third-order valence-electron chi connectivity index (χ3n) is 6.81. The van der Waals surface area contributed by atoms with Gasteiger partial charge in [0.15, 0.2) is 0 Å². The van der Waals surface area contributed by atoms with E-state index in [9.17, 15) is 14.7 Å². The first-order chi connectivity index (χ1) is 18.3. The number of aliphatic hydroxyl groups is 1. The molecule has 198 valence electrons. The number of ether oxygens (including phenoxy) is 3. The summed E-state index contributed by atoms with van der Waals surface area (Å²) in [6.07, 6.45) is 0. The Morgan fingerprint density at radius 3 is 2.32 bits per heavy atom. The molecule has 0 aromatic heterocycles. The van der Waals surface area contributed by atoms with E-state index in [1.165, 1.54) is 19.1 Å². The fourth-order valence-electron chi connectivity index (χ4n) is 4.87. The third-order valence-corrected chi connectivity index (χ3v) is 6.81. The Hall–Kier alpha value is -4.10. The Morgan fingerprint density at radius 2 is 1.66 bits per heavy atom. The van der Waals surface area contributed by atoms with Crippen LogP contribution in [0.3, 0.4) is 0 Å². The van der Waals surface area contributed by atoms with Crippen LogP contribution in [0, 0.1) is 20.8 Å². The summed E-state index contributed by atoms with van der Waals surface area (Å²) in [5.41, 5.74) is 5.01. The van der Waals surface area contributed by atoms with Crippen molar-refractivity contribution in [1.29, 1.82) is 0 Å². The molecule has 1 amide bonds. The van der Waals surface area contributed by atoms with Gasteiger partial charge in [-0.15, -0.1) is 0 Å². The molecule has 1 aliphatic heterocycles. The van der Waals surface area contributed by atoms with Crippen LogP contribution in [0.15, 0.2) is 66.2 Å². The Kier molecular flexibility index (Phi) is 8.17. The van der Waals surface area contributed by atoms with Crippen LogP contribution >= 0.6 is 0 Å². The number of Topliss-reactive ketones (excluding diaryl/α,β-unsaturated/α-hetero) is 1. The van der Waals surface area contributed by atoms with Gasteiger partial charge in [0.05, 0.1) is 30.9 Å². The van der Waals surface area contributed by atoms with Gasteiger partial charge in [0.1, 0.15) is 23.9 Å². The number of likely N-dealkylation sites (tertiary alicyclic amines) is 1. The number of carbonyl (C=O) groups is 2. The van der Waals surface area contributed by atoms with Gasteiger partial charge in [-0.1, -0.05) is 42.5 Å². The number of benzene rings is 3. The molecule has 1 heterocycles. The van der Waals surface area contributed by atoms with Gasteiger partial charge >= 0.3 is 0 Å². The highest BCUT2D eigenvalue weighted by Crippen LogP contribution is 2.42. The summed E-state index contributed by atoms with van der Waals surface area (Å²) in [5, 5.41) is 11.5. The van der Waals surface area contributed by atoms with Gasteiger partial charge in [0.25, 0.3) is 11.7 Å². The topological polar surface area (TPSA) is 85.3 Å². The molecule has 1 fully saturated rings. The Labute approximate surface area is 223 Å². The molecule has 1 N–H and O–H groups in total. The highest BCUT2D eigenvalue weighted by atomic mass is 16.5. The summed E-state index contributed by atoms with van der Waals surface area (Å²) < 4.78 is 16.7. The number of ketones is 1. The van der Waals surface area contributed by atoms with Crippen LogP contribution in [-0.4, -0.2) is 49.1 Å². The number of amides is 1. The summed E-state index contributed by atoms with van der Waals surface area (Å²) in [4.78, 5) is 27.8. The predicted molar refractivity (Wildman–Crippen MR) is 145 cm³/mol. The molecule has 0 spiro atoms. The Balaban J connectivity index is 1.74. The van der Waals surface area contributed by atoms with Gasteiger partial charge in [-0.3, -0.25) is 9.59 Å². The fourth-order valence-corrected chi connectivity index (χ4v) is 4.87. The van der Waals surface area contributed by atoms with E-state index in [0.29, 0.717) is 29.2 Å². The van der Waals surface area contributed by atoms with Crippen molar-refractivity contribution in [2.45, 2.75) is 33.4 Å². The second-order valence-electron chi connectivity index (χ2n) is 9.43. The predicted octanol–water partition coefficient (Wildman–Crippen LogP) is 5.27. The molecule has 38 heavy (non-hydrogen) atoms. The van der Waals surface area contributed by atoms with Gasteiger partial charge in [0.2, 0.25) is 0 Å². The maximum atomic E-state index is 13.3. The molecule has 1 aliphatic rings. The number of hydrogen-bond acceptors (Lipinski definition) is 6. The molecule has 1 atom stereocenters. The van der Waals surface area contributed by atoms with E-state index in [0.717, 1.165) is 22.3 Å². The number of carbonyl (C=O) groups excluding carboxylic acids is 2. The molecule has 7 nitrogen and oxygen atoms in total. The van der Waals surface area contributed by atoms with Crippen molar-refractivity contribution in [2.75, 3.05) is 27.4 Å². The number of methoxy groups -OCH3 is 2. The molecule has 4 rings (SSSR count). The van der Waals surface area contributed by atoms with E-state index in [2.05, 4.69) is 0 Å². The first-order valence-corrected chi connectivity index (χ1v) is 12.5. The van der Waals surface area contributed by atoms with Gasteiger partial charge in [-0.2, -0.15) is 0 Å². The molecule has 7 heteroatoms. The van der Waals surface area contributed by atoms with Crippen LogP contribution in [0.1, 0.15) is 39.4 Å². The summed E-state index contributed by atoms with van der Waals surface area (Å²) >= 11 is 0. The van der Waals surface area contributed by atoms with Crippen LogP contribution in [0.4, 0.5) is 0 Å². The SMILES string of the molecule is COCCN1C(=O)C(=O)/C(=C(/O)c2cc(C)cc(C)c2OC)C1c1ccc(OCc2ccccc2C)cc1. The van der Waals surface area contributed by atoms with Crippen molar-refractivity contribution in [1.82, 2.24) is 4.90 Å². The third kappa shape index (κ3) is 5.29. The summed E-state index contributed by atoms with van der Waals surface area (Å²) in [6, 6.07) is 18.2. The minimum absolute atomic E-state index is 0.0166. The normalized spacial score (nSPS) is 16.7. The molecular formula is C31H33NO6. The lowest BCUT2D eigenvalue weighted by atomic mass is 9.93. The van der Waals surface area contributed by atoms with E-state index in [-0.39, 0.29) is 24.5 Å². The van der Waals surface area contributed by atoms with Crippen molar-refractivity contribution < 1.29 is 28.9 Å². The van der Waals surface area contributed by atoms with Crippen LogP contribution in [-0.2, 0) is 20.9 Å². The molecule has 3 aromatic rings. The number of aliphatic hydroxyl groups excluding tert-OH is 1. The number of hydrogen-bond donors (Lipinski definition) is 1. The Morgan fingerprint density at radius 1 is 0.947 bits per heavy atom. The summed E-state index contributed by atoms with van der Waals surface area (Å²) in [6.45, 7) is 6.66. The molecule has 3 aromatic carbocycles. The molecule has 0 bridgehead atoms. The first kappa shape index (κ1) is 26.9. The lowest BCUT2D eigenvalue weighted by Gasteiger charge is -2.25. The minimum Gasteiger partial charge on any atom is -0.507 e. The summed E-state index contributed by atoms with van der Waals surface area (Å²) in [5.74, 6) is -0.588. The fraction of sp³-hybridized carbons (Fsp3) is 0.290. The van der Waals surface area contributed by atoms with E-state index in [1.807, 2.05) is 63.2 Å². The van der Waals surface area contributed by atoms with Gasteiger partial charge in [0, 0.05) is 13.7 Å². The van der Waals surface area contributed by atoms with E-state index >= 15 is 0 Å². The van der Waals surface area contributed by atoms with Crippen LogP contribution in [0.25, 0.3) is 5.76 Å². The van der Waals surface area contributed by atoms with Crippen molar-refractivity contribution in [3.05, 3.63) is 99.6 Å². The zero-order valence-corrected chi connectivity index (χ0v) is 22.4. The average molecular weight is 516 g/mol. The maximum absolute atomic E-state index is 13.3. The zero-order valence-electron chi connectivity index (χ0n) is 22.4. The highest BCUT2D eigenvalue weighted by molar-refractivity contribution is 6.46. The summed E-state index contributed by atoms with van der Waals surface area (Å²) in [7, 11) is 3.05. The van der Waals surface area contributed by atoms with E-state index in [1.54, 1.807) is 18.2 Å². The average Bonchev–Trinajstić information content (AvgIpc) is 3.16. The quantitative estimate of drug-likeness (QED) is 0.238. The van der Waals surface area contributed by atoms with Crippen molar-refractivity contribution in [3.63, 3.8) is 0 Å². The molecule has 0 radical (unpaired) electrons. The number of nitrogens with zero attached hydrogens (tertiary/aromatic N) is 1. The second-order valence-corrected chi connectivity index (χ2v) is 9.43. The second kappa shape index (κ2) is 11.5. The number of rotatable bonds is 9. The van der Waals surface area contributed by atoms with Gasteiger partial charge in [-0.25, -0.2) is 0 Å². The zero-order chi connectivity index (χ0) is 27.4. The van der Waals surface area contributed by atoms with E-state index in [4.69, 9.17) is 14.2 Å². The molecule has 0 aliphatic carbocycles. The number of aryl methyl sites for hydroxylation is 3. The highest BCUT2D eigenvalue weighted by Gasteiger charge is 2.46. The maximum Gasteiger partial charge on any atom is 0.295 e. The largest absolute Gasteiger partial charge is 0.507 e. The molecular weight excluding hydrogens is 482 g/mol. The smallest absolute Gasteiger partial charge is 0.295 e. The van der Waals surface area contributed by atoms with E-state index < -0.39 is 17.7 Å². The lowest BCUT2D eigenvalue weighted by Crippen LogP contribution is -2.32.